The predicted molar refractivity (Wildman–Crippen MR) is 118 cm³/mol. The molecule has 0 spiro atoms. The molecule has 0 aliphatic carbocycles. The summed E-state index contributed by atoms with van der Waals surface area (Å²) in [6.07, 6.45) is 6.03. The van der Waals surface area contributed by atoms with Gasteiger partial charge in [-0.1, -0.05) is 6.07 Å². The van der Waals surface area contributed by atoms with Crippen LogP contribution in [0.3, 0.4) is 0 Å². The third kappa shape index (κ3) is 3.48. The fraction of sp³-hybridized carbons (Fsp3) is 0.625. The Morgan fingerprint density at radius 1 is 1.06 bits per heavy atom. The van der Waals surface area contributed by atoms with E-state index in [2.05, 4.69) is 31.5 Å². The summed E-state index contributed by atoms with van der Waals surface area (Å²) in [5.74, 6) is 1.85. The van der Waals surface area contributed by atoms with E-state index in [0.29, 0.717) is 24.0 Å². The Bertz CT molecular complexity index is 1050. The second kappa shape index (κ2) is 7.41. The molecule has 7 nitrogen and oxygen atoms in total. The molecule has 0 saturated carbocycles. The lowest BCUT2D eigenvalue weighted by atomic mass is 9.83. The monoisotopic (exact) mass is 421 g/mol. The molecule has 164 valence electrons. The molecule has 0 N–H and O–H groups in total. The summed E-state index contributed by atoms with van der Waals surface area (Å²) < 4.78 is 8.04. The predicted octanol–water partition coefficient (Wildman–Crippen LogP) is 2.24. The Balaban J connectivity index is 1.25. The average molecular weight is 422 g/mol. The number of aromatic nitrogens is 3. The van der Waals surface area contributed by atoms with Crippen LogP contribution in [0.5, 0.6) is 0 Å². The van der Waals surface area contributed by atoms with Crippen LogP contribution in [0.1, 0.15) is 47.8 Å². The zero-order valence-corrected chi connectivity index (χ0v) is 18.5. The summed E-state index contributed by atoms with van der Waals surface area (Å²) in [6.45, 7) is 9.34. The molecule has 4 bridgehead atoms. The van der Waals surface area contributed by atoms with Gasteiger partial charge in [-0.05, 0) is 45.1 Å². The first-order chi connectivity index (χ1) is 15.0. The molecule has 0 radical (unpaired) electrons. The van der Waals surface area contributed by atoms with Gasteiger partial charge in [0.15, 0.2) is 0 Å². The van der Waals surface area contributed by atoms with E-state index in [9.17, 15) is 4.79 Å². The van der Waals surface area contributed by atoms with Gasteiger partial charge in [-0.2, -0.15) is 0 Å². The van der Waals surface area contributed by atoms with Gasteiger partial charge in [0, 0.05) is 62.6 Å². The minimum Gasteiger partial charge on any atom is -0.372 e. The van der Waals surface area contributed by atoms with Gasteiger partial charge in [-0.25, -0.2) is 4.98 Å². The van der Waals surface area contributed by atoms with E-state index < -0.39 is 0 Å². The SMILES string of the molecule is Cc1cnc(C)c(N2C[C@@H]3C[C@H](C2)c2ccc(CN4C[C@H]5CC[C@@H](C4)O5)c(=O)n2C3)n1. The molecule has 6 rings (SSSR count). The molecule has 3 saturated heterocycles. The van der Waals surface area contributed by atoms with Crippen molar-refractivity contribution in [3.63, 3.8) is 0 Å². The minimum absolute atomic E-state index is 0.214. The van der Waals surface area contributed by atoms with Gasteiger partial charge in [-0.15, -0.1) is 0 Å². The van der Waals surface area contributed by atoms with E-state index in [0.717, 1.165) is 81.3 Å². The standard InChI is InChI=1S/C24H31N5O2/c1-15-8-25-16(2)23(26-15)28-9-17-7-19(12-28)22-6-3-18(24(30)29(22)10-17)11-27-13-20-4-5-21(14-27)31-20/h3,6,8,17,19-21H,4-5,7,9-14H2,1-2H3/t17-,19+,20-,21+/m0/s1. The van der Waals surface area contributed by atoms with Crippen LogP contribution in [0.25, 0.3) is 0 Å². The number of ether oxygens (including phenoxy) is 1. The number of hydrogen-bond donors (Lipinski definition) is 0. The van der Waals surface area contributed by atoms with Crippen LogP contribution in [0.4, 0.5) is 5.82 Å². The van der Waals surface area contributed by atoms with Crippen LogP contribution in [0.15, 0.2) is 23.1 Å². The second-order valence-corrected chi connectivity index (χ2v) is 9.97. The third-order valence-corrected chi connectivity index (χ3v) is 7.55. The Labute approximate surface area is 183 Å². The largest absolute Gasteiger partial charge is 0.372 e. The first kappa shape index (κ1) is 19.4. The molecule has 31 heavy (non-hydrogen) atoms. The normalized spacial score (nSPS) is 29.8. The molecule has 3 fully saturated rings. The van der Waals surface area contributed by atoms with Gasteiger partial charge >= 0.3 is 0 Å². The highest BCUT2D eigenvalue weighted by atomic mass is 16.5. The number of fused-ring (bicyclic) bond motifs is 6. The fourth-order valence-electron chi connectivity index (χ4n) is 6.18. The molecule has 0 amide bonds. The van der Waals surface area contributed by atoms with Gasteiger partial charge in [0.05, 0.1) is 23.6 Å². The van der Waals surface area contributed by atoms with E-state index in [1.807, 2.05) is 20.0 Å². The van der Waals surface area contributed by atoms with Gasteiger partial charge in [0.25, 0.3) is 5.56 Å². The third-order valence-electron chi connectivity index (χ3n) is 7.55. The summed E-state index contributed by atoms with van der Waals surface area (Å²) in [5, 5.41) is 0. The smallest absolute Gasteiger partial charge is 0.255 e. The zero-order valence-electron chi connectivity index (χ0n) is 18.5. The number of aryl methyl sites for hydroxylation is 2. The van der Waals surface area contributed by atoms with Crippen LogP contribution in [-0.4, -0.2) is 57.8 Å². The summed E-state index contributed by atoms with van der Waals surface area (Å²) in [4.78, 5) is 27.5. The number of piperidine rings is 1. The number of likely N-dealkylation sites (tertiary alicyclic amines) is 1. The van der Waals surface area contributed by atoms with Crippen LogP contribution in [0, 0.1) is 19.8 Å². The van der Waals surface area contributed by atoms with Crippen molar-refractivity contribution in [3.05, 3.63) is 51.3 Å². The van der Waals surface area contributed by atoms with Crippen molar-refractivity contribution in [2.75, 3.05) is 31.1 Å². The second-order valence-electron chi connectivity index (χ2n) is 9.97. The van der Waals surface area contributed by atoms with E-state index in [-0.39, 0.29) is 5.56 Å². The van der Waals surface area contributed by atoms with Crippen molar-refractivity contribution in [2.45, 2.75) is 64.3 Å². The highest BCUT2D eigenvalue weighted by Crippen LogP contribution is 2.37. The first-order valence-corrected chi connectivity index (χ1v) is 11.7. The van der Waals surface area contributed by atoms with Crippen molar-refractivity contribution in [1.29, 1.82) is 0 Å². The maximum atomic E-state index is 13.4. The Morgan fingerprint density at radius 3 is 2.68 bits per heavy atom. The maximum Gasteiger partial charge on any atom is 0.255 e. The van der Waals surface area contributed by atoms with E-state index >= 15 is 0 Å². The van der Waals surface area contributed by atoms with Gasteiger partial charge in [-0.3, -0.25) is 14.7 Å². The van der Waals surface area contributed by atoms with E-state index in [4.69, 9.17) is 9.72 Å². The number of hydrogen-bond acceptors (Lipinski definition) is 6. The number of anilines is 1. The molecular formula is C24H31N5O2. The number of nitrogens with zero attached hydrogens (tertiary/aromatic N) is 5. The summed E-state index contributed by atoms with van der Waals surface area (Å²) in [6, 6.07) is 4.30. The molecule has 0 aromatic carbocycles. The fourth-order valence-corrected chi connectivity index (χ4v) is 6.18. The summed E-state index contributed by atoms with van der Waals surface area (Å²) in [7, 11) is 0. The number of pyridine rings is 1. The minimum atomic E-state index is 0.214. The quantitative estimate of drug-likeness (QED) is 0.758. The number of morpholine rings is 1. The summed E-state index contributed by atoms with van der Waals surface area (Å²) >= 11 is 0. The molecule has 4 atom stereocenters. The molecule has 6 heterocycles. The van der Waals surface area contributed by atoms with E-state index in [1.54, 1.807) is 0 Å². The van der Waals surface area contributed by atoms with Crippen molar-refractivity contribution >= 4 is 5.82 Å². The van der Waals surface area contributed by atoms with E-state index in [1.165, 1.54) is 5.69 Å². The van der Waals surface area contributed by atoms with Crippen LogP contribution in [-0.2, 0) is 17.8 Å². The molecule has 2 aromatic heterocycles. The van der Waals surface area contributed by atoms with Gasteiger partial charge in [0.2, 0.25) is 0 Å². The topological polar surface area (TPSA) is 63.5 Å². The van der Waals surface area contributed by atoms with Crippen molar-refractivity contribution in [3.8, 4) is 0 Å². The first-order valence-electron chi connectivity index (χ1n) is 11.7. The highest BCUT2D eigenvalue weighted by Gasteiger charge is 2.37. The lowest BCUT2D eigenvalue weighted by Gasteiger charge is -2.43. The van der Waals surface area contributed by atoms with Crippen molar-refractivity contribution in [1.82, 2.24) is 19.4 Å². The summed E-state index contributed by atoms with van der Waals surface area (Å²) in [5.41, 5.74) is 4.27. The lowest BCUT2D eigenvalue weighted by molar-refractivity contribution is -0.0412. The van der Waals surface area contributed by atoms with Crippen LogP contribution >= 0.6 is 0 Å². The average Bonchev–Trinajstić information content (AvgIpc) is 3.10. The lowest BCUT2D eigenvalue weighted by Crippen LogP contribution is -2.48. The van der Waals surface area contributed by atoms with Gasteiger partial charge < -0.3 is 14.2 Å². The van der Waals surface area contributed by atoms with Crippen LogP contribution in [0.2, 0.25) is 0 Å². The molecule has 7 heteroatoms. The van der Waals surface area contributed by atoms with Gasteiger partial charge in [0.1, 0.15) is 5.82 Å². The van der Waals surface area contributed by atoms with Crippen LogP contribution < -0.4 is 10.5 Å². The molecule has 4 aliphatic rings. The molecule has 2 aromatic rings. The Morgan fingerprint density at radius 2 is 1.87 bits per heavy atom. The number of rotatable bonds is 3. The molecule has 4 aliphatic heterocycles. The Kier molecular flexibility index (Phi) is 4.65. The van der Waals surface area contributed by atoms with Crippen molar-refractivity contribution in [2.24, 2.45) is 5.92 Å². The zero-order chi connectivity index (χ0) is 21.1. The molecular weight excluding hydrogens is 390 g/mol. The molecule has 0 unspecified atom stereocenters. The Hall–Kier alpha value is -2.25. The van der Waals surface area contributed by atoms with Crippen molar-refractivity contribution < 1.29 is 4.74 Å². The maximum absolute atomic E-state index is 13.4. The highest BCUT2D eigenvalue weighted by molar-refractivity contribution is 5.45.